The Morgan fingerprint density at radius 2 is 2.27 bits per heavy atom. The zero-order valence-electron chi connectivity index (χ0n) is 7.66. The Morgan fingerprint density at radius 3 is 2.93 bits per heavy atom. The van der Waals surface area contributed by atoms with Crippen LogP contribution in [0.1, 0.15) is 17.9 Å². The number of hydrogen-bond donors (Lipinski definition) is 2. The molecule has 0 aliphatic carbocycles. The van der Waals surface area contributed by atoms with E-state index in [9.17, 15) is 9.59 Å². The second-order valence-electron chi connectivity index (χ2n) is 3.37. The molecule has 4 nitrogen and oxygen atoms in total. The van der Waals surface area contributed by atoms with Crippen molar-refractivity contribution in [3.8, 4) is 0 Å². The van der Waals surface area contributed by atoms with Crippen molar-refractivity contribution in [2.45, 2.75) is 12.3 Å². The van der Waals surface area contributed by atoms with Crippen LogP contribution in [0.25, 0.3) is 0 Å². The lowest BCUT2D eigenvalue weighted by molar-refractivity contribution is -0.138. The standard InChI is InChI=1S/C10H8BrNO3/c11-5-1-2-8-6(3-5)7(4-9(13)14)10(15)12-8/h1-3,7H,4H2,(H,12,15)(H,13,14)/t7-/m0/s1. The summed E-state index contributed by atoms with van der Waals surface area (Å²) in [5, 5.41) is 11.4. The van der Waals surface area contributed by atoms with Gasteiger partial charge in [0.1, 0.15) is 0 Å². The molecular formula is C10H8BrNO3. The van der Waals surface area contributed by atoms with Crippen molar-refractivity contribution in [3.05, 3.63) is 28.2 Å². The van der Waals surface area contributed by atoms with Crippen LogP contribution in [0.3, 0.4) is 0 Å². The average Bonchev–Trinajstić information content (AvgIpc) is 2.43. The van der Waals surface area contributed by atoms with Crippen LogP contribution in [0.2, 0.25) is 0 Å². The minimum absolute atomic E-state index is 0.171. The van der Waals surface area contributed by atoms with E-state index in [1.165, 1.54) is 0 Å². The van der Waals surface area contributed by atoms with E-state index in [0.717, 1.165) is 10.0 Å². The number of benzene rings is 1. The maximum absolute atomic E-state index is 11.5. The lowest BCUT2D eigenvalue weighted by atomic mass is 9.97. The van der Waals surface area contributed by atoms with Gasteiger partial charge >= 0.3 is 5.97 Å². The molecule has 0 fully saturated rings. The third kappa shape index (κ3) is 1.87. The molecule has 1 aromatic rings. The highest BCUT2D eigenvalue weighted by Crippen LogP contribution is 2.36. The first-order chi connectivity index (χ1) is 7.08. The van der Waals surface area contributed by atoms with E-state index in [4.69, 9.17) is 5.11 Å². The van der Waals surface area contributed by atoms with Crippen LogP contribution >= 0.6 is 15.9 Å². The summed E-state index contributed by atoms with van der Waals surface area (Å²) in [5.74, 6) is -1.79. The second-order valence-corrected chi connectivity index (χ2v) is 4.29. The molecular weight excluding hydrogens is 262 g/mol. The van der Waals surface area contributed by atoms with Crippen molar-refractivity contribution in [1.82, 2.24) is 0 Å². The number of carbonyl (C=O) groups excluding carboxylic acids is 1. The van der Waals surface area contributed by atoms with Crippen molar-refractivity contribution in [2.24, 2.45) is 0 Å². The fourth-order valence-corrected chi connectivity index (χ4v) is 2.05. The molecule has 1 amide bonds. The largest absolute Gasteiger partial charge is 0.481 e. The third-order valence-corrected chi connectivity index (χ3v) is 2.84. The van der Waals surface area contributed by atoms with Crippen molar-refractivity contribution in [3.63, 3.8) is 0 Å². The monoisotopic (exact) mass is 269 g/mol. The summed E-state index contributed by atoms with van der Waals surface area (Å²) in [4.78, 5) is 22.1. The van der Waals surface area contributed by atoms with Gasteiger partial charge < -0.3 is 10.4 Å². The number of aliphatic carboxylic acids is 1. The van der Waals surface area contributed by atoms with E-state index in [0.29, 0.717) is 5.69 Å². The van der Waals surface area contributed by atoms with Crippen LogP contribution in [-0.4, -0.2) is 17.0 Å². The van der Waals surface area contributed by atoms with E-state index in [1.54, 1.807) is 12.1 Å². The van der Waals surface area contributed by atoms with Gasteiger partial charge in [0.2, 0.25) is 5.91 Å². The molecule has 0 spiro atoms. The van der Waals surface area contributed by atoms with Crippen molar-refractivity contribution >= 4 is 33.5 Å². The maximum Gasteiger partial charge on any atom is 0.304 e. The normalized spacial score (nSPS) is 18.5. The highest BCUT2D eigenvalue weighted by atomic mass is 79.9. The third-order valence-electron chi connectivity index (χ3n) is 2.34. The second kappa shape index (κ2) is 3.66. The minimum Gasteiger partial charge on any atom is -0.481 e. The molecule has 0 unspecified atom stereocenters. The number of carboxylic acids is 1. The van der Waals surface area contributed by atoms with Gasteiger partial charge in [-0.1, -0.05) is 15.9 Å². The van der Waals surface area contributed by atoms with E-state index in [1.807, 2.05) is 6.07 Å². The SMILES string of the molecule is O=C(O)C[C@@H]1C(=O)Nc2ccc(Br)cc21. The van der Waals surface area contributed by atoms with Crippen LogP contribution < -0.4 is 5.32 Å². The Bertz CT molecular complexity index is 444. The molecule has 2 N–H and O–H groups in total. The molecule has 15 heavy (non-hydrogen) atoms. The van der Waals surface area contributed by atoms with Crippen LogP contribution in [0.5, 0.6) is 0 Å². The number of fused-ring (bicyclic) bond motifs is 1. The maximum atomic E-state index is 11.5. The summed E-state index contributed by atoms with van der Waals surface area (Å²) >= 11 is 3.29. The smallest absolute Gasteiger partial charge is 0.304 e. The van der Waals surface area contributed by atoms with Crippen LogP contribution in [0.15, 0.2) is 22.7 Å². The highest BCUT2D eigenvalue weighted by molar-refractivity contribution is 9.10. The van der Waals surface area contributed by atoms with E-state index in [-0.39, 0.29) is 12.3 Å². The molecule has 1 atom stereocenters. The number of rotatable bonds is 2. The van der Waals surface area contributed by atoms with Crippen LogP contribution in [0, 0.1) is 0 Å². The number of anilines is 1. The van der Waals surface area contributed by atoms with Crippen molar-refractivity contribution in [1.29, 1.82) is 0 Å². The predicted octanol–water partition coefficient (Wildman–Crippen LogP) is 1.96. The molecule has 78 valence electrons. The Morgan fingerprint density at radius 1 is 1.53 bits per heavy atom. The van der Waals surface area contributed by atoms with Gasteiger partial charge in [-0.15, -0.1) is 0 Å². The summed E-state index contributed by atoms with van der Waals surface area (Å²) < 4.78 is 0.841. The van der Waals surface area contributed by atoms with Gasteiger partial charge in [0, 0.05) is 10.2 Å². The predicted molar refractivity (Wildman–Crippen MR) is 57.8 cm³/mol. The van der Waals surface area contributed by atoms with Crippen LogP contribution in [0.4, 0.5) is 5.69 Å². The zero-order chi connectivity index (χ0) is 11.0. The summed E-state index contributed by atoms with van der Waals surface area (Å²) in [6.45, 7) is 0. The van der Waals surface area contributed by atoms with Gasteiger partial charge in [0.25, 0.3) is 0 Å². The van der Waals surface area contributed by atoms with E-state index in [2.05, 4.69) is 21.2 Å². The Kier molecular flexibility index (Phi) is 2.48. The lowest BCUT2D eigenvalue weighted by Gasteiger charge is -2.04. The molecule has 0 bridgehead atoms. The summed E-state index contributed by atoms with van der Waals surface area (Å²) in [7, 11) is 0. The Hall–Kier alpha value is -1.36. The van der Waals surface area contributed by atoms with Crippen molar-refractivity contribution in [2.75, 3.05) is 5.32 Å². The first-order valence-electron chi connectivity index (χ1n) is 4.40. The number of halogens is 1. The fraction of sp³-hybridized carbons (Fsp3) is 0.200. The molecule has 0 radical (unpaired) electrons. The van der Waals surface area contributed by atoms with E-state index < -0.39 is 11.9 Å². The number of nitrogens with one attached hydrogen (secondary N) is 1. The number of hydrogen-bond acceptors (Lipinski definition) is 2. The summed E-state index contributed by atoms with van der Waals surface area (Å²) in [6, 6.07) is 5.35. The van der Waals surface area contributed by atoms with Gasteiger partial charge in [-0.25, -0.2) is 0 Å². The van der Waals surface area contributed by atoms with Crippen LogP contribution in [-0.2, 0) is 9.59 Å². The number of amides is 1. The first kappa shape index (κ1) is 10.2. The summed E-state index contributed by atoms with van der Waals surface area (Å²) in [5.41, 5.74) is 1.45. The Balaban J connectivity index is 2.39. The van der Waals surface area contributed by atoms with Gasteiger partial charge in [-0.3, -0.25) is 9.59 Å². The van der Waals surface area contributed by atoms with E-state index >= 15 is 0 Å². The highest BCUT2D eigenvalue weighted by Gasteiger charge is 2.32. The lowest BCUT2D eigenvalue weighted by Crippen LogP contribution is -2.15. The first-order valence-corrected chi connectivity index (χ1v) is 5.19. The van der Waals surface area contributed by atoms with Crippen molar-refractivity contribution < 1.29 is 14.7 Å². The molecule has 1 aliphatic rings. The average molecular weight is 270 g/mol. The van der Waals surface area contributed by atoms with Gasteiger partial charge in [0.15, 0.2) is 0 Å². The van der Waals surface area contributed by atoms with Gasteiger partial charge in [-0.2, -0.15) is 0 Å². The van der Waals surface area contributed by atoms with Gasteiger partial charge in [0.05, 0.1) is 12.3 Å². The zero-order valence-corrected chi connectivity index (χ0v) is 9.24. The molecule has 2 rings (SSSR count). The molecule has 1 aromatic carbocycles. The van der Waals surface area contributed by atoms with Gasteiger partial charge in [-0.05, 0) is 23.8 Å². The molecule has 0 aromatic heterocycles. The summed E-state index contributed by atoms with van der Waals surface area (Å²) in [6.07, 6.45) is -0.171. The number of carbonyl (C=O) groups is 2. The fourth-order valence-electron chi connectivity index (χ4n) is 1.67. The molecule has 0 saturated heterocycles. The molecule has 5 heteroatoms. The number of carboxylic acid groups (broad SMARTS) is 1. The molecule has 0 saturated carbocycles. The molecule has 1 aliphatic heterocycles. The Labute approximate surface area is 94.4 Å². The molecule has 1 heterocycles. The topological polar surface area (TPSA) is 66.4 Å². The quantitative estimate of drug-likeness (QED) is 0.863. The minimum atomic E-state index is -0.969.